The average molecular weight is 249 g/mol. The Kier molecular flexibility index (Phi) is 4.10. The molecule has 0 unspecified atom stereocenters. The van der Waals surface area contributed by atoms with Crippen molar-refractivity contribution in [3.8, 4) is 17.2 Å². The van der Waals surface area contributed by atoms with Gasteiger partial charge < -0.3 is 19.5 Å². The highest BCUT2D eigenvalue weighted by atomic mass is 16.6. The summed E-state index contributed by atoms with van der Waals surface area (Å²) >= 11 is 0. The fourth-order valence-electron chi connectivity index (χ4n) is 1.99. The van der Waals surface area contributed by atoms with Crippen molar-refractivity contribution in [3.05, 3.63) is 23.3 Å². The third-order valence-corrected chi connectivity index (χ3v) is 2.72. The first kappa shape index (κ1) is 12.8. The average Bonchev–Trinajstić information content (AvgIpc) is 2.38. The largest absolute Gasteiger partial charge is 0.493 e. The number of fused-ring (bicyclic) bond motifs is 1. The van der Waals surface area contributed by atoms with Gasteiger partial charge in [-0.2, -0.15) is 0 Å². The Morgan fingerprint density at radius 2 is 2.17 bits per heavy atom. The van der Waals surface area contributed by atoms with Gasteiger partial charge in [0, 0.05) is 6.54 Å². The van der Waals surface area contributed by atoms with E-state index in [0.717, 1.165) is 23.6 Å². The van der Waals surface area contributed by atoms with Crippen LogP contribution in [0.15, 0.2) is 17.7 Å². The van der Waals surface area contributed by atoms with Crippen molar-refractivity contribution < 1.29 is 14.2 Å². The van der Waals surface area contributed by atoms with Gasteiger partial charge in [-0.25, -0.2) is 0 Å². The zero-order valence-corrected chi connectivity index (χ0v) is 11.1. The van der Waals surface area contributed by atoms with Crippen molar-refractivity contribution in [2.45, 2.75) is 6.92 Å². The Bertz CT molecular complexity index is 437. The highest BCUT2D eigenvalue weighted by molar-refractivity contribution is 5.63. The number of benzene rings is 1. The minimum atomic E-state index is 0.567. The smallest absolute Gasteiger partial charge is 0.203 e. The van der Waals surface area contributed by atoms with Crippen LogP contribution in [0.2, 0.25) is 0 Å². The molecular weight excluding hydrogens is 230 g/mol. The molecule has 98 valence electrons. The van der Waals surface area contributed by atoms with Crippen molar-refractivity contribution >= 4 is 6.08 Å². The van der Waals surface area contributed by atoms with Gasteiger partial charge in [0.25, 0.3) is 0 Å². The van der Waals surface area contributed by atoms with E-state index in [1.165, 1.54) is 5.57 Å². The lowest BCUT2D eigenvalue weighted by Gasteiger charge is -2.21. The molecule has 0 fully saturated rings. The van der Waals surface area contributed by atoms with Crippen LogP contribution in [0.5, 0.6) is 17.2 Å². The maximum atomic E-state index is 5.60. The predicted octanol–water partition coefficient (Wildman–Crippen LogP) is 2.09. The lowest BCUT2D eigenvalue weighted by atomic mass is 10.1. The maximum absolute atomic E-state index is 5.60. The first-order valence-corrected chi connectivity index (χ1v) is 6.04. The summed E-state index contributed by atoms with van der Waals surface area (Å²) in [5.74, 6) is 2.17. The molecule has 0 spiro atoms. The van der Waals surface area contributed by atoms with Gasteiger partial charge in [0.15, 0.2) is 11.5 Å². The molecule has 4 heteroatoms. The molecule has 0 radical (unpaired) electrons. The van der Waals surface area contributed by atoms with Gasteiger partial charge in [0.05, 0.1) is 7.11 Å². The molecule has 2 rings (SSSR count). The molecule has 0 bridgehead atoms. The first-order chi connectivity index (χ1) is 8.74. The molecule has 18 heavy (non-hydrogen) atoms. The summed E-state index contributed by atoms with van der Waals surface area (Å²) in [6, 6.07) is 3.95. The topological polar surface area (TPSA) is 39.7 Å². The van der Waals surface area contributed by atoms with Crippen molar-refractivity contribution in [1.29, 1.82) is 0 Å². The minimum Gasteiger partial charge on any atom is -0.493 e. The van der Waals surface area contributed by atoms with Crippen molar-refractivity contribution in [1.82, 2.24) is 5.32 Å². The number of ether oxygens (including phenoxy) is 3. The van der Waals surface area contributed by atoms with E-state index in [2.05, 4.69) is 18.3 Å². The fraction of sp³-hybridized carbons (Fsp3) is 0.429. The highest BCUT2D eigenvalue weighted by Gasteiger charge is 2.17. The normalized spacial score (nSPS) is 14.5. The van der Waals surface area contributed by atoms with E-state index in [1.807, 2.05) is 19.2 Å². The van der Waals surface area contributed by atoms with Crippen LogP contribution < -0.4 is 19.5 Å². The number of nitrogens with one attached hydrogen (secondary N) is 1. The lowest BCUT2D eigenvalue weighted by molar-refractivity contribution is 0.165. The monoisotopic (exact) mass is 249 g/mol. The van der Waals surface area contributed by atoms with Crippen LogP contribution in [-0.4, -0.2) is 33.9 Å². The van der Waals surface area contributed by atoms with Crippen LogP contribution in [0.25, 0.3) is 6.08 Å². The first-order valence-electron chi connectivity index (χ1n) is 6.04. The van der Waals surface area contributed by atoms with E-state index in [9.17, 15) is 0 Å². The summed E-state index contributed by atoms with van der Waals surface area (Å²) in [4.78, 5) is 0. The molecular formula is C14H19NO3. The molecule has 0 amide bonds. The van der Waals surface area contributed by atoms with E-state index in [1.54, 1.807) is 7.11 Å². The van der Waals surface area contributed by atoms with Crippen molar-refractivity contribution in [2.75, 3.05) is 33.9 Å². The van der Waals surface area contributed by atoms with Crippen LogP contribution in [0.4, 0.5) is 0 Å². The van der Waals surface area contributed by atoms with Gasteiger partial charge in [-0.15, -0.1) is 0 Å². The summed E-state index contributed by atoms with van der Waals surface area (Å²) in [5.41, 5.74) is 2.31. The Hall–Kier alpha value is -1.68. The fourth-order valence-corrected chi connectivity index (χ4v) is 1.99. The molecule has 1 aromatic rings. The van der Waals surface area contributed by atoms with E-state index in [-0.39, 0.29) is 0 Å². The minimum absolute atomic E-state index is 0.567. The molecule has 1 aliphatic rings. The van der Waals surface area contributed by atoms with Crippen LogP contribution in [0, 0.1) is 0 Å². The van der Waals surface area contributed by atoms with Crippen LogP contribution >= 0.6 is 0 Å². The second-order valence-corrected chi connectivity index (χ2v) is 4.27. The third-order valence-electron chi connectivity index (χ3n) is 2.72. The SMILES string of the molecule is CNCC(C)=Cc1cc(OC)c2c(c1)OCCO2. The molecule has 0 aliphatic carbocycles. The Labute approximate surface area is 108 Å². The van der Waals surface area contributed by atoms with Gasteiger partial charge in [-0.3, -0.25) is 0 Å². The van der Waals surface area contributed by atoms with E-state index in [4.69, 9.17) is 14.2 Å². The molecule has 4 nitrogen and oxygen atoms in total. The van der Waals surface area contributed by atoms with Gasteiger partial charge in [-0.05, 0) is 31.7 Å². The standard InChI is InChI=1S/C14H19NO3/c1-10(9-15-2)6-11-7-12(16-3)14-13(8-11)17-4-5-18-14/h6-8,15H,4-5,9H2,1-3H3. The third kappa shape index (κ3) is 2.76. The number of rotatable bonds is 4. The Morgan fingerprint density at radius 3 is 2.89 bits per heavy atom. The lowest BCUT2D eigenvalue weighted by Crippen LogP contribution is -2.16. The molecule has 0 aromatic heterocycles. The number of methoxy groups -OCH3 is 1. The second-order valence-electron chi connectivity index (χ2n) is 4.27. The Morgan fingerprint density at radius 1 is 1.39 bits per heavy atom. The summed E-state index contributed by atoms with van der Waals surface area (Å²) in [6.45, 7) is 4.09. The zero-order valence-electron chi connectivity index (χ0n) is 11.1. The quantitative estimate of drug-likeness (QED) is 0.887. The zero-order chi connectivity index (χ0) is 13.0. The van der Waals surface area contributed by atoms with Gasteiger partial charge in [0.2, 0.25) is 5.75 Å². The van der Waals surface area contributed by atoms with Crippen LogP contribution in [0.3, 0.4) is 0 Å². The molecule has 0 atom stereocenters. The predicted molar refractivity (Wildman–Crippen MR) is 71.6 cm³/mol. The molecule has 1 N–H and O–H groups in total. The molecule has 0 saturated carbocycles. The molecule has 1 aromatic carbocycles. The van der Waals surface area contributed by atoms with Gasteiger partial charge >= 0.3 is 0 Å². The molecule has 1 aliphatic heterocycles. The summed E-state index contributed by atoms with van der Waals surface area (Å²) in [6.07, 6.45) is 2.11. The molecule has 0 saturated heterocycles. The van der Waals surface area contributed by atoms with E-state index in [0.29, 0.717) is 19.0 Å². The summed E-state index contributed by atoms with van der Waals surface area (Å²) in [7, 11) is 3.57. The van der Waals surface area contributed by atoms with Crippen LogP contribution in [-0.2, 0) is 0 Å². The van der Waals surface area contributed by atoms with Gasteiger partial charge in [0.1, 0.15) is 13.2 Å². The number of hydrogen-bond acceptors (Lipinski definition) is 4. The van der Waals surface area contributed by atoms with Crippen LogP contribution in [0.1, 0.15) is 12.5 Å². The summed E-state index contributed by atoms with van der Waals surface area (Å²) in [5, 5.41) is 3.12. The summed E-state index contributed by atoms with van der Waals surface area (Å²) < 4.78 is 16.5. The Balaban J connectivity index is 2.35. The highest BCUT2D eigenvalue weighted by Crippen LogP contribution is 2.40. The number of hydrogen-bond donors (Lipinski definition) is 1. The van der Waals surface area contributed by atoms with E-state index < -0.39 is 0 Å². The second kappa shape index (κ2) is 5.78. The van der Waals surface area contributed by atoms with Crippen molar-refractivity contribution in [3.63, 3.8) is 0 Å². The number of likely N-dealkylation sites (N-methyl/N-ethyl adjacent to an activating group) is 1. The van der Waals surface area contributed by atoms with Gasteiger partial charge in [-0.1, -0.05) is 11.6 Å². The van der Waals surface area contributed by atoms with E-state index >= 15 is 0 Å². The van der Waals surface area contributed by atoms with Crippen molar-refractivity contribution in [2.24, 2.45) is 0 Å². The maximum Gasteiger partial charge on any atom is 0.203 e. The molecule has 1 heterocycles.